The zero-order valence-corrected chi connectivity index (χ0v) is 26.2. The second-order valence-corrected chi connectivity index (χ2v) is 12.2. The highest BCUT2D eigenvalue weighted by Gasteiger charge is 2.22. The molecule has 0 radical (unpaired) electrons. The van der Waals surface area contributed by atoms with Crippen molar-refractivity contribution in [3.63, 3.8) is 0 Å². The number of aliphatic carboxylic acids is 1. The maximum Gasteiger partial charge on any atom is 0.326 e. The predicted octanol–water partition coefficient (Wildman–Crippen LogP) is 7.88. The van der Waals surface area contributed by atoms with Crippen molar-refractivity contribution in [2.24, 2.45) is 0 Å². The van der Waals surface area contributed by atoms with Crippen LogP contribution in [0.1, 0.15) is 81.3 Å². The van der Waals surface area contributed by atoms with E-state index in [9.17, 15) is 14.7 Å². The molecule has 1 atom stereocenters. The van der Waals surface area contributed by atoms with Crippen LogP contribution < -0.4 is 10.1 Å². The van der Waals surface area contributed by atoms with E-state index in [1.54, 1.807) is 24.5 Å². The third-order valence-corrected chi connectivity index (χ3v) is 7.62. The van der Waals surface area contributed by atoms with Crippen molar-refractivity contribution in [1.82, 2.24) is 15.3 Å². The Hall–Kier alpha value is -4.52. The zero-order valence-electron chi connectivity index (χ0n) is 26.2. The van der Waals surface area contributed by atoms with Gasteiger partial charge in [-0.3, -0.25) is 14.8 Å². The number of nitrogens with one attached hydrogen (secondary N) is 1. The number of benzene rings is 3. The molecule has 0 saturated carbocycles. The molecule has 2 N–H and O–H groups in total. The Morgan fingerprint density at radius 2 is 1.36 bits per heavy atom. The number of hydrogen-bond acceptors (Lipinski definition) is 5. The minimum Gasteiger partial charge on any atom is -0.494 e. The average molecular weight is 594 g/mol. The molecule has 1 aromatic heterocycles. The first-order valence-corrected chi connectivity index (χ1v) is 15.4. The van der Waals surface area contributed by atoms with Gasteiger partial charge in [-0.25, -0.2) is 4.79 Å². The SMILES string of the molecule is CCCCCCCOc1ccc(-c2cnc(-c3ccc(C[C@H](NC(=O)c4ccc(C(C)(C)C)cc4)C(=O)O)cc3)cn2)cc1. The molecular weight excluding hydrogens is 550 g/mol. The first kappa shape index (κ1) is 32.4. The minimum atomic E-state index is -1.09. The molecule has 4 aromatic rings. The van der Waals surface area contributed by atoms with Crippen LogP contribution in [0.2, 0.25) is 0 Å². The van der Waals surface area contributed by atoms with Gasteiger partial charge in [-0.05, 0) is 59.4 Å². The van der Waals surface area contributed by atoms with Gasteiger partial charge >= 0.3 is 5.97 Å². The lowest BCUT2D eigenvalue weighted by molar-refractivity contribution is -0.139. The largest absolute Gasteiger partial charge is 0.494 e. The van der Waals surface area contributed by atoms with Gasteiger partial charge < -0.3 is 15.2 Å². The van der Waals surface area contributed by atoms with Gasteiger partial charge in [0.1, 0.15) is 11.8 Å². The van der Waals surface area contributed by atoms with Crippen molar-refractivity contribution in [2.75, 3.05) is 6.61 Å². The maximum absolute atomic E-state index is 12.8. The van der Waals surface area contributed by atoms with E-state index in [4.69, 9.17) is 4.74 Å². The number of carbonyl (C=O) groups is 2. The molecule has 3 aromatic carbocycles. The Morgan fingerprint density at radius 3 is 1.89 bits per heavy atom. The molecule has 4 rings (SSSR count). The molecule has 0 spiro atoms. The monoisotopic (exact) mass is 593 g/mol. The Balaban J connectivity index is 1.32. The van der Waals surface area contributed by atoms with Gasteiger partial charge in [0.25, 0.3) is 5.91 Å². The molecule has 1 heterocycles. The number of carboxylic acid groups (broad SMARTS) is 1. The second kappa shape index (κ2) is 15.3. The van der Waals surface area contributed by atoms with Crippen molar-refractivity contribution >= 4 is 11.9 Å². The van der Waals surface area contributed by atoms with E-state index in [1.165, 1.54) is 25.7 Å². The summed E-state index contributed by atoms with van der Waals surface area (Å²) in [7, 11) is 0. The number of amides is 1. The normalized spacial score (nSPS) is 12.0. The Kier molecular flexibility index (Phi) is 11.2. The van der Waals surface area contributed by atoms with Gasteiger partial charge in [0.15, 0.2) is 0 Å². The number of nitrogens with zero attached hydrogens (tertiary/aromatic N) is 2. The highest BCUT2D eigenvalue weighted by molar-refractivity contribution is 5.96. The minimum absolute atomic E-state index is 0.0346. The Bertz CT molecular complexity index is 1490. The first-order valence-electron chi connectivity index (χ1n) is 15.4. The van der Waals surface area contributed by atoms with Crippen molar-refractivity contribution in [1.29, 1.82) is 0 Å². The van der Waals surface area contributed by atoms with Crippen molar-refractivity contribution in [3.05, 3.63) is 102 Å². The van der Waals surface area contributed by atoms with Gasteiger partial charge in [0.05, 0.1) is 30.4 Å². The van der Waals surface area contributed by atoms with E-state index in [0.29, 0.717) is 11.3 Å². The molecule has 0 aliphatic heterocycles. The third-order valence-electron chi connectivity index (χ3n) is 7.62. The summed E-state index contributed by atoms with van der Waals surface area (Å²) in [6, 6.07) is 21.6. The van der Waals surface area contributed by atoms with Crippen LogP contribution in [0.15, 0.2) is 85.2 Å². The summed E-state index contributed by atoms with van der Waals surface area (Å²) < 4.78 is 5.86. The van der Waals surface area contributed by atoms with E-state index in [1.807, 2.05) is 60.7 Å². The number of hydrogen-bond donors (Lipinski definition) is 2. The zero-order chi connectivity index (χ0) is 31.5. The lowest BCUT2D eigenvalue weighted by atomic mass is 9.86. The van der Waals surface area contributed by atoms with E-state index in [0.717, 1.165) is 46.7 Å². The summed E-state index contributed by atoms with van der Waals surface area (Å²) in [5, 5.41) is 12.4. The van der Waals surface area contributed by atoms with Crippen molar-refractivity contribution in [3.8, 4) is 28.3 Å². The average Bonchev–Trinajstić information content (AvgIpc) is 3.03. The Morgan fingerprint density at radius 1 is 0.795 bits per heavy atom. The number of carboxylic acids is 1. The van der Waals surface area contributed by atoms with E-state index in [-0.39, 0.29) is 11.8 Å². The number of unbranched alkanes of at least 4 members (excludes halogenated alkanes) is 4. The van der Waals surface area contributed by atoms with E-state index < -0.39 is 17.9 Å². The van der Waals surface area contributed by atoms with Gasteiger partial charge in [-0.1, -0.05) is 89.8 Å². The molecule has 7 nitrogen and oxygen atoms in total. The van der Waals surface area contributed by atoms with Crippen molar-refractivity contribution in [2.45, 2.75) is 77.7 Å². The number of rotatable bonds is 14. The first-order chi connectivity index (χ1) is 21.1. The molecular formula is C37H43N3O4. The summed E-state index contributed by atoms with van der Waals surface area (Å²) in [5.41, 5.74) is 5.59. The quantitative estimate of drug-likeness (QED) is 0.144. The fourth-order valence-corrected chi connectivity index (χ4v) is 4.85. The second-order valence-electron chi connectivity index (χ2n) is 12.2. The van der Waals surface area contributed by atoms with Crippen LogP contribution in [0.5, 0.6) is 5.75 Å². The van der Waals surface area contributed by atoms with Gasteiger partial charge in [-0.2, -0.15) is 0 Å². The molecule has 0 saturated heterocycles. The molecule has 0 unspecified atom stereocenters. The maximum atomic E-state index is 12.8. The van der Waals surface area contributed by atoms with Gasteiger partial charge in [-0.15, -0.1) is 0 Å². The van der Waals surface area contributed by atoms with Gasteiger partial charge in [0.2, 0.25) is 0 Å². The summed E-state index contributed by atoms with van der Waals surface area (Å²) >= 11 is 0. The number of ether oxygens (including phenoxy) is 1. The fourth-order valence-electron chi connectivity index (χ4n) is 4.85. The number of carbonyl (C=O) groups excluding carboxylic acids is 1. The molecule has 7 heteroatoms. The van der Waals surface area contributed by atoms with E-state index >= 15 is 0 Å². The summed E-state index contributed by atoms with van der Waals surface area (Å²) in [6.45, 7) is 9.24. The van der Waals surface area contributed by atoms with Crippen LogP contribution in [0.25, 0.3) is 22.5 Å². The molecule has 230 valence electrons. The lowest BCUT2D eigenvalue weighted by Crippen LogP contribution is -2.42. The molecule has 0 bridgehead atoms. The molecule has 0 aliphatic rings. The fraction of sp³-hybridized carbons (Fsp3) is 0.351. The van der Waals surface area contributed by atoms with Crippen LogP contribution in [0.4, 0.5) is 0 Å². The predicted molar refractivity (Wildman–Crippen MR) is 175 cm³/mol. The summed E-state index contributed by atoms with van der Waals surface area (Å²) in [4.78, 5) is 34.0. The Labute approximate surface area is 260 Å². The standard InChI is InChI=1S/C37H43N3O4/c1-5-6-7-8-9-22-44-31-20-16-28(17-21-31)34-25-38-33(24-39-34)27-12-10-26(11-13-27)23-32(36(42)43)40-35(41)29-14-18-30(19-15-29)37(2,3)4/h10-21,24-25,32H,5-9,22-23H2,1-4H3,(H,40,41)(H,42,43)/t32-/m0/s1. The molecule has 1 amide bonds. The smallest absolute Gasteiger partial charge is 0.326 e. The molecule has 44 heavy (non-hydrogen) atoms. The topological polar surface area (TPSA) is 101 Å². The van der Waals surface area contributed by atoms with Crippen LogP contribution in [0.3, 0.4) is 0 Å². The van der Waals surface area contributed by atoms with Crippen LogP contribution in [0, 0.1) is 0 Å². The number of aromatic nitrogens is 2. The van der Waals surface area contributed by atoms with Crippen molar-refractivity contribution < 1.29 is 19.4 Å². The van der Waals surface area contributed by atoms with Crippen LogP contribution in [-0.4, -0.2) is 39.6 Å². The third kappa shape index (κ3) is 9.24. The molecule has 0 fully saturated rings. The van der Waals surface area contributed by atoms with Gasteiger partial charge in [0, 0.05) is 23.1 Å². The summed E-state index contributed by atoms with van der Waals surface area (Å²) in [5.74, 6) is -0.643. The highest BCUT2D eigenvalue weighted by Crippen LogP contribution is 2.24. The highest BCUT2D eigenvalue weighted by atomic mass is 16.5. The lowest BCUT2D eigenvalue weighted by Gasteiger charge is -2.19. The summed E-state index contributed by atoms with van der Waals surface area (Å²) in [6.07, 6.45) is 9.69. The van der Waals surface area contributed by atoms with Crippen LogP contribution in [-0.2, 0) is 16.6 Å². The van der Waals surface area contributed by atoms with E-state index in [2.05, 4.69) is 43.0 Å². The van der Waals surface area contributed by atoms with Crippen LogP contribution >= 0.6 is 0 Å². The molecule has 0 aliphatic carbocycles.